The van der Waals surface area contributed by atoms with Gasteiger partial charge in [-0.3, -0.25) is 4.79 Å². The number of nitrogens with one attached hydrogen (secondary N) is 1. The molecule has 196 valence electrons. The van der Waals surface area contributed by atoms with Crippen molar-refractivity contribution in [3.05, 3.63) is 65.7 Å². The molecule has 5 N–H and O–H groups in total. The Morgan fingerprint density at radius 1 is 1.17 bits per heavy atom. The Kier molecular flexibility index (Phi) is 9.90. The molecule has 0 bridgehead atoms. The van der Waals surface area contributed by atoms with Crippen LogP contribution in [0.1, 0.15) is 50.7 Å². The summed E-state index contributed by atoms with van der Waals surface area (Å²) in [6, 6.07) is 16.5. The van der Waals surface area contributed by atoms with Crippen molar-refractivity contribution in [1.82, 2.24) is 10.2 Å². The average Bonchev–Trinajstić information content (AvgIpc) is 2.86. The van der Waals surface area contributed by atoms with E-state index in [2.05, 4.69) is 30.1 Å². The number of amides is 1. The summed E-state index contributed by atoms with van der Waals surface area (Å²) in [5, 5.41) is 22.5. The maximum absolute atomic E-state index is 13.4. The summed E-state index contributed by atoms with van der Waals surface area (Å²) < 4.78 is 0. The minimum atomic E-state index is -1.01. The van der Waals surface area contributed by atoms with Gasteiger partial charge in [0.05, 0.1) is 5.92 Å². The summed E-state index contributed by atoms with van der Waals surface area (Å²) >= 11 is 0. The molecule has 0 spiro atoms. The van der Waals surface area contributed by atoms with Crippen LogP contribution in [0.2, 0.25) is 0 Å². The molecule has 0 aromatic heterocycles. The van der Waals surface area contributed by atoms with Crippen LogP contribution in [0.4, 0.5) is 0 Å². The fraction of sp³-hybridized carbons (Fsp3) is 0.517. The molecule has 1 amide bonds. The van der Waals surface area contributed by atoms with Crippen LogP contribution in [0.25, 0.3) is 0 Å². The van der Waals surface area contributed by atoms with Gasteiger partial charge in [-0.1, -0.05) is 56.3 Å². The molecule has 2 aromatic rings. The van der Waals surface area contributed by atoms with Gasteiger partial charge in [-0.25, -0.2) is 4.79 Å². The predicted molar refractivity (Wildman–Crippen MR) is 142 cm³/mol. The summed E-state index contributed by atoms with van der Waals surface area (Å²) in [7, 11) is 0. The van der Waals surface area contributed by atoms with Crippen molar-refractivity contribution in [1.29, 1.82) is 0 Å². The highest BCUT2D eigenvalue weighted by Gasteiger charge is 2.39. The number of carbonyl (C=O) groups excluding carboxylic acids is 1. The fourth-order valence-electron chi connectivity index (χ4n) is 5.26. The highest BCUT2D eigenvalue weighted by atomic mass is 16.4. The van der Waals surface area contributed by atoms with Gasteiger partial charge in [0.1, 0.15) is 11.8 Å². The number of hydrogen-bond acceptors (Lipinski definition) is 5. The van der Waals surface area contributed by atoms with Gasteiger partial charge in [-0.2, -0.15) is 0 Å². The number of nitrogens with two attached hydrogens (primary N) is 1. The third-order valence-corrected chi connectivity index (χ3v) is 7.81. The lowest BCUT2D eigenvalue weighted by Crippen LogP contribution is -2.51. The van der Waals surface area contributed by atoms with Crippen LogP contribution in [-0.4, -0.2) is 59.2 Å². The topological polar surface area (TPSA) is 116 Å². The molecule has 1 aliphatic rings. The van der Waals surface area contributed by atoms with Crippen molar-refractivity contribution in [3.63, 3.8) is 0 Å². The van der Waals surface area contributed by atoms with Gasteiger partial charge in [0.2, 0.25) is 5.91 Å². The number of phenols is 1. The van der Waals surface area contributed by atoms with Crippen molar-refractivity contribution >= 4 is 11.9 Å². The van der Waals surface area contributed by atoms with Crippen molar-refractivity contribution in [3.8, 4) is 5.75 Å². The van der Waals surface area contributed by atoms with E-state index in [4.69, 9.17) is 5.73 Å². The van der Waals surface area contributed by atoms with E-state index in [1.807, 2.05) is 42.5 Å². The summed E-state index contributed by atoms with van der Waals surface area (Å²) in [4.78, 5) is 27.5. The highest BCUT2D eigenvalue weighted by molar-refractivity contribution is 5.85. The van der Waals surface area contributed by atoms with Gasteiger partial charge in [-0.05, 0) is 79.8 Å². The normalized spacial score (nSPS) is 22.0. The lowest BCUT2D eigenvalue weighted by molar-refractivity contribution is -0.142. The minimum Gasteiger partial charge on any atom is -0.508 e. The molecule has 2 aromatic carbocycles. The Labute approximate surface area is 214 Å². The van der Waals surface area contributed by atoms with Gasteiger partial charge in [0, 0.05) is 13.1 Å². The lowest BCUT2D eigenvalue weighted by atomic mass is 9.68. The van der Waals surface area contributed by atoms with E-state index in [9.17, 15) is 19.8 Å². The van der Waals surface area contributed by atoms with Crippen molar-refractivity contribution in [2.45, 2.75) is 57.4 Å². The number of likely N-dealkylation sites (tertiary alicyclic amines) is 1. The molecule has 1 saturated heterocycles. The maximum Gasteiger partial charge on any atom is 0.326 e. The number of hydrogen-bond donors (Lipinski definition) is 4. The van der Waals surface area contributed by atoms with E-state index in [0.29, 0.717) is 38.3 Å². The number of carboxylic acid groups (broad SMARTS) is 1. The Hall–Kier alpha value is -2.90. The number of aliphatic carboxylic acids is 1. The zero-order valence-electron chi connectivity index (χ0n) is 21.5. The Balaban J connectivity index is 1.71. The van der Waals surface area contributed by atoms with E-state index in [1.54, 1.807) is 6.07 Å². The first-order valence-corrected chi connectivity index (χ1v) is 13.0. The van der Waals surface area contributed by atoms with Crippen LogP contribution < -0.4 is 11.1 Å². The summed E-state index contributed by atoms with van der Waals surface area (Å²) in [5.41, 5.74) is 7.68. The Bertz CT molecular complexity index is 999. The zero-order valence-corrected chi connectivity index (χ0v) is 21.5. The molecule has 4 atom stereocenters. The van der Waals surface area contributed by atoms with Crippen molar-refractivity contribution in [2.75, 3.05) is 26.2 Å². The number of nitrogens with zero attached hydrogens (tertiary/aromatic N) is 1. The summed E-state index contributed by atoms with van der Waals surface area (Å²) in [6.07, 6.45) is 3.23. The fourth-order valence-corrected chi connectivity index (χ4v) is 5.26. The van der Waals surface area contributed by atoms with E-state index in [0.717, 1.165) is 37.1 Å². The second-order valence-corrected chi connectivity index (χ2v) is 10.4. The van der Waals surface area contributed by atoms with E-state index >= 15 is 0 Å². The number of unbranched alkanes of at least 4 members (excludes halogenated alkanes) is 1. The lowest BCUT2D eigenvalue weighted by Gasteiger charge is -2.45. The molecule has 0 aliphatic carbocycles. The second-order valence-electron chi connectivity index (χ2n) is 10.4. The quantitative estimate of drug-likeness (QED) is 0.335. The Morgan fingerprint density at radius 2 is 1.92 bits per heavy atom. The molecule has 1 fully saturated rings. The number of aromatic hydroxyl groups is 1. The molecule has 0 radical (unpaired) electrons. The maximum atomic E-state index is 13.4. The predicted octanol–water partition coefficient (Wildman–Crippen LogP) is 3.55. The van der Waals surface area contributed by atoms with Gasteiger partial charge >= 0.3 is 5.97 Å². The average molecular weight is 496 g/mol. The standard InChI is InChI=1S/C29H41N3O4/c1-21-19-32(16-14-29(21,2)24-11-8-12-25(33)18-24)20-23(17-22-9-4-3-5-10-22)27(34)31-26(28(35)36)13-6-7-15-30/h3-5,8-12,18,21,23,26,33H,6-7,13-17,19-20,30H2,1-2H3,(H,31,34)(H,35,36). The highest BCUT2D eigenvalue weighted by Crippen LogP contribution is 2.40. The first-order valence-electron chi connectivity index (χ1n) is 13.0. The Morgan fingerprint density at radius 3 is 2.56 bits per heavy atom. The SMILES string of the molecule is CC1CN(CC(Cc2ccccc2)C(=O)NC(CCCCN)C(=O)O)CCC1(C)c1cccc(O)c1. The van der Waals surface area contributed by atoms with Crippen LogP contribution in [0.5, 0.6) is 5.75 Å². The van der Waals surface area contributed by atoms with Crippen molar-refractivity contribution < 1.29 is 19.8 Å². The number of phenolic OH excluding ortho intramolecular Hbond substituents is 1. The van der Waals surface area contributed by atoms with Crippen LogP contribution in [0.15, 0.2) is 54.6 Å². The monoisotopic (exact) mass is 495 g/mol. The molecule has 3 rings (SSSR count). The number of benzene rings is 2. The zero-order chi connectivity index (χ0) is 26.1. The summed E-state index contributed by atoms with van der Waals surface area (Å²) in [6.45, 7) is 7.19. The third kappa shape index (κ3) is 7.31. The number of rotatable bonds is 12. The van der Waals surface area contributed by atoms with Crippen molar-refractivity contribution in [2.24, 2.45) is 17.6 Å². The number of carboxylic acids is 1. The smallest absolute Gasteiger partial charge is 0.326 e. The molecular weight excluding hydrogens is 454 g/mol. The molecule has 7 heteroatoms. The van der Waals surface area contributed by atoms with Gasteiger partial charge in [0.15, 0.2) is 0 Å². The molecular formula is C29H41N3O4. The van der Waals surface area contributed by atoms with E-state index in [-0.39, 0.29) is 23.0 Å². The first kappa shape index (κ1) is 27.7. The van der Waals surface area contributed by atoms with Crippen LogP contribution in [0, 0.1) is 11.8 Å². The minimum absolute atomic E-state index is 0.0657. The number of carbonyl (C=O) groups is 2. The molecule has 0 saturated carbocycles. The molecule has 1 aliphatic heterocycles. The van der Waals surface area contributed by atoms with E-state index < -0.39 is 12.0 Å². The summed E-state index contributed by atoms with van der Waals surface area (Å²) in [5.74, 6) is -0.986. The van der Waals surface area contributed by atoms with Crippen LogP contribution in [-0.2, 0) is 21.4 Å². The second kappa shape index (κ2) is 12.9. The van der Waals surface area contributed by atoms with Crippen LogP contribution >= 0.6 is 0 Å². The van der Waals surface area contributed by atoms with Gasteiger partial charge in [0.25, 0.3) is 0 Å². The van der Waals surface area contributed by atoms with Gasteiger partial charge < -0.3 is 26.2 Å². The number of piperidine rings is 1. The largest absolute Gasteiger partial charge is 0.508 e. The van der Waals surface area contributed by atoms with Crippen LogP contribution in [0.3, 0.4) is 0 Å². The molecule has 7 nitrogen and oxygen atoms in total. The molecule has 4 unspecified atom stereocenters. The third-order valence-electron chi connectivity index (χ3n) is 7.81. The van der Waals surface area contributed by atoms with Gasteiger partial charge in [-0.15, -0.1) is 0 Å². The molecule has 36 heavy (non-hydrogen) atoms. The first-order chi connectivity index (χ1) is 17.2. The van der Waals surface area contributed by atoms with E-state index in [1.165, 1.54) is 0 Å². The molecule has 1 heterocycles.